The maximum absolute atomic E-state index is 13.8. The number of furan rings is 1. The summed E-state index contributed by atoms with van der Waals surface area (Å²) in [4.78, 5) is 20.4. The van der Waals surface area contributed by atoms with Crippen molar-refractivity contribution in [3.63, 3.8) is 0 Å². The van der Waals surface area contributed by atoms with Gasteiger partial charge in [0.1, 0.15) is 0 Å². The van der Waals surface area contributed by atoms with Crippen LogP contribution in [0.25, 0.3) is 21.1 Å². The van der Waals surface area contributed by atoms with Gasteiger partial charge in [0.05, 0.1) is 0 Å². The van der Waals surface area contributed by atoms with Gasteiger partial charge in [0, 0.05) is 0 Å². The third-order valence-electron chi connectivity index (χ3n) is 5.72. The van der Waals surface area contributed by atoms with E-state index < -0.39 is 0 Å². The van der Waals surface area contributed by atoms with Gasteiger partial charge in [-0.2, -0.15) is 0 Å². The molecule has 0 aliphatic heterocycles. The zero-order valence-electron chi connectivity index (χ0n) is 19.3. The first kappa shape index (κ1) is 22.9. The first-order chi connectivity index (χ1) is 16.3. The van der Waals surface area contributed by atoms with Crippen LogP contribution in [0.3, 0.4) is 0 Å². The SMILES string of the molecule is CC(C)(C)c1oc2cc(Cc3ccccc3)ccc2c1C(=O)c1c[se]c(-c2cccc(Cl)c2)n1. The Balaban J connectivity index is 1.56. The molecule has 0 amide bonds. The maximum atomic E-state index is 13.8. The molecule has 0 unspecified atom stereocenters. The van der Waals surface area contributed by atoms with Crippen molar-refractivity contribution in [2.45, 2.75) is 32.6 Å². The van der Waals surface area contributed by atoms with Gasteiger partial charge in [-0.15, -0.1) is 0 Å². The molecule has 3 aromatic carbocycles. The molecule has 5 heteroatoms. The second-order valence-electron chi connectivity index (χ2n) is 9.43. The third-order valence-corrected chi connectivity index (χ3v) is 7.83. The average Bonchev–Trinajstić information content (AvgIpc) is 3.44. The van der Waals surface area contributed by atoms with Gasteiger partial charge in [-0.1, -0.05) is 6.07 Å². The first-order valence-electron chi connectivity index (χ1n) is 11.2. The standard InChI is InChI=1S/C29H24ClNO2Se/c1-29(2,3)27-25(26(32)23-17-34-28(31-23)20-10-7-11-21(30)16-20)22-13-12-19(15-24(22)33-27)14-18-8-5-4-6-9-18/h4-13,15-17H,14H2,1-3H3. The fraction of sp³-hybridized carbons (Fsp3) is 0.172. The zero-order chi connectivity index (χ0) is 23.9. The molecule has 0 bridgehead atoms. The summed E-state index contributed by atoms with van der Waals surface area (Å²) in [6.45, 7) is 6.21. The van der Waals surface area contributed by atoms with Gasteiger partial charge >= 0.3 is 205 Å². The van der Waals surface area contributed by atoms with Crippen LogP contribution in [0.4, 0.5) is 0 Å². The minimum atomic E-state index is -0.326. The monoisotopic (exact) mass is 533 g/mol. The van der Waals surface area contributed by atoms with Gasteiger partial charge in [0.15, 0.2) is 0 Å². The normalized spacial score (nSPS) is 11.8. The van der Waals surface area contributed by atoms with Crippen molar-refractivity contribution in [2.75, 3.05) is 0 Å². The molecule has 5 rings (SSSR count). The third kappa shape index (κ3) is 4.54. The number of carbonyl (C=O) groups excluding carboxylic acids is 1. The molecule has 2 heterocycles. The number of nitrogens with zero attached hydrogens (tertiary/aromatic N) is 1. The average molecular weight is 533 g/mol. The Labute approximate surface area is 210 Å². The number of carbonyl (C=O) groups is 1. The molecular formula is C29H24ClNO2Se. The number of benzene rings is 3. The Kier molecular flexibility index (Phi) is 6.07. The summed E-state index contributed by atoms with van der Waals surface area (Å²) in [7, 11) is 0. The van der Waals surface area contributed by atoms with Crippen LogP contribution in [-0.2, 0) is 11.8 Å². The topological polar surface area (TPSA) is 43.1 Å². The van der Waals surface area contributed by atoms with Crippen LogP contribution in [-0.4, -0.2) is 25.3 Å². The Morgan fingerprint density at radius 1 is 0.971 bits per heavy atom. The molecule has 0 radical (unpaired) electrons. The molecule has 0 saturated heterocycles. The van der Waals surface area contributed by atoms with E-state index in [2.05, 4.69) is 45.0 Å². The molecule has 5 aromatic rings. The minimum absolute atomic E-state index is 0.0278. The predicted molar refractivity (Wildman–Crippen MR) is 139 cm³/mol. The van der Waals surface area contributed by atoms with Crippen LogP contribution in [0.2, 0.25) is 5.02 Å². The van der Waals surface area contributed by atoms with Gasteiger partial charge in [-0.05, 0) is 0 Å². The Hall–Kier alpha value is -2.91. The van der Waals surface area contributed by atoms with E-state index in [1.54, 1.807) is 0 Å². The van der Waals surface area contributed by atoms with Crippen LogP contribution in [0.5, 0.6) is 0 Å². The van der Waals surface area contributed by atoms with Crippen molar-refractivity contribution in [3.8, 4) is 10.1 Å². The second-order valence-corrected chi connectivity index (χ2v) is 11.7. The summed E-state index contributed by atoms with van der Waals surface area (Å²) < 4.78 is 7.25. The summed E-state index contributed by atoms with van der Waals surface area (Å²) in [5, 5.41) is 1.50. The fourth-order valence-electron chi connectivity index (χ4n) is 4.10. The molecule has 3 nitrogen and oxygen atoms in total. The van der Waals surface area contributed by atoms with E-state index in [1.807, 2.05) is 53.5 Å². The van der Waals surface area contributed by atoms with Crippen LogP contribution < -0.4 is 0 Å². The molecule has 170 valence electrons. The van der Waals surface area contributed by atoms with Gasteiger partial charge in [0.25, 0.3) is 0 Å². The summed E-state index contributed by atoms with van der Waals surface area (Å²) in [5.74, 6) is 0.613. The number of ketones is 1. The van der Waals surface area contributed by atoms with Gasteiger partial charge in [0.2, 0.25) is 0 Å². The van der Waals surface area contributed by atoms with Gasteiger partial charge in [-0.3, -0.25) is 0 Å². The fourth-order valence-corrected chi connectivity index (χ4v) is 5.96. The molecule has 0 N–H and O–H groups in total. The van der Waals surface area contributed by atoms with E-state index in [4.69, 9.17) is 21.0 Å². The van der Waals surface area contributed by atoms with E-state index in [0.29, 0.717) is 22.0 Å². The van der Waals surface area contributed by atoms with Crippen molar-refractivity contribution >= 4 is 42.9 Å². The number of halogens is 1. The van der Waals surface area contributed by atoms with Crippen molar-refractivity contribution in [1.29, 1.82) is 0 Å². The van der Waals surface area contributed by atoms with E-state index in [-0.39, 0.29) is 25.7 Å². The van der Waals surface area contributed by atoms with E-state index in [9.17, 15) is 4.79 Å². The molecule has 0 aliphatic rings. The van der Waals surface area contributed by atoms with Crippen LogP contribution >= 0.6 is 11.6 Å². The molecule has 0 aliphatic carbocycles. The number of hydrogen-bond donors (Lipinski definition) is 0. The molecule has 0 atom stereocenters. The van der Waals surface area contributed by atoms with Crippen LogP contribution in [0.1, 0.15) is 53.7 Å². The van der Waals surface area contributed by atoms with Crippen LogP contribution in [0.15, 0.2) is 82.2 Å². The molecule has 34 heavy (non-hydrogen) atoms. The number of rotatable bonds is 5. The summed E-state index contributed by atoms with van der Waals surface area (Å²) in [6, 6.07) is 24.1. The summed E-state index contributed by atoms with van der Waals surface area (Å²) >= 11 is 6.13. The van der Waals surface area contributed by atoms with Gasteiger partial charge < -0.3 is 0 Å². The van der Waals surface area contributed by atoms with Crippen molar-refractivity contribution < 1.29 is 9.21 Å². The Morgan fingerprint density at radius 2 is 1.76 bits per heavy atom. The molecule has 0 saturated carbocycles. The number of hydrogen-bond acceptors (Lipinski definition) is 3. The second kappa shape index (κ2) is 9.03. The molecule has 0 spiro atoms. The first-order valence-corrected chi connectivity index (χ1v) is 13.4. The predicted octanol–water partition coefficient (Wildman–Crippen LogP) is 7.32. The molecule has 0 fully saturated rings. The van der Waals surface area contributed by atoms with E-state index in [1.165, 1.54) is 5.56 Å². The van der Waals surface area contributed by atoms with Crippen molar-refractivity contribution in [3.05, 3.63) is 111 Å². The zero-order valence-corrected chi connectivity index (χ0v) is 21.7. The van der Waals surface area contributed by atoms with Crippen LogP contribution in [0, 0.1) is 0 Å². The molecule has 2 aromatic heterocycles. The van der Waals surface area contributed by atoms with E-state index >= 15 is 0 Å². The van der Waals surface area contributed by atoms with E-state index in [0.717, 1.165) is 33.1 Å². The quantitative estimate of drug-likeness (QED) is 0.176. The summed E-state index contributed by atoms with van der Waals surface area (Å²) in [5.41, 5.74) is 4.87. The Bertz CT molecular complexity index is 1490. The number of fused-ring (bicyclic) bond motifs is 1. The van der Waals surface area contributed by atoms with Crippen molar-refractivity contribution in [2.24, 2.45) is 0 Å². The molecular weight excluding hydrogens is 509 g/mol. The Morgan fingerprint density at radius 3 is 2.50 bits per heavy atom. The van der Waals surface area contributed by atoms with Crippen molar-refractivity contribution in [1.82, 2.24) is 4.98 Å². The van der Waals surface area contributed by atoms with Gasteiger partial charge in [-0.25, -0.2) is 0 Å². The number of aromatic nitrogens is 1. The summed E-state index contributed by atoms with van der Waals surface area (Å²) in [6.07, 6.45) is 0.812.